The molecule has 0 bridgehead atoms. The molecule has 1 atom stereocenters. The van der Waals surface area contributed by atoms with Crippen LogP contribution in [0.25, 0.3) is 0 Å². The van der Waals surface area contributed by atoms with Crippen molar-refractivity contribution in [1.82, 2.24) is 4.90 Å². The van der Waals surface area contributed by atoms with E-state index in [1.807, 2.05) is 0 Å². The summed E-state index contributed by atoms with van der Waals surface area (Å²) in [6.07, 6.45) is 9.97. The smallest absolute Gasteiger partial charge is 0.323 e. The minimum atomic E-state index is -0.0229. The Balaban J connectivity index is 2.00. The highest BCUT2D eigenvalue weighted by Gasteiger charge is 2.34. The molecule has 0 N–H and O–H groups in total. The molecule has 92 valence electrons. The molecule has 1 aliphatic carbocycles. The highest BCUT2D eigenvalue weighted by atomic mass is 16.5. The summed E-state index contributed by atoms with van der Waals surface area (Å²) in [5.74, 6) is -0.0229. The van der Waals surface area contributed by atoms with E-state index < -0.39 is 0 Å². The van der Waals surface area contributed by atoms with Crippen molar-refractivity contribution in [2.75, 3.05) is 13.7 Å². The summed E-state index contributed by atoms with van der Waals surface area (Å²) in [6, 6.07) is 0.681. The largest absolute Gasteiger partial charge is 0.468 e. The van der Waals surface area contributed by atoms with Crippen LogP contribution < -0.4 is 0 Å². The van der Waals surface area contributed by atoms with E-state index in [0.29, 0.717) is 6.04 Å². The van der Waals surface area contributed by atoms with Crippen molar-refractivity contribution in [1.29, 1.82) is 0 Å². The number of carbonyl (C=O) groups excluding carboxylic acids is 1. The molecular formula is C13H23NO2. The third kappa shape index (κ3) is 2.57. The topological polar surface area (TPSA) is 29.5 Å². The molecular weight excluding hydrogens is 202 g/mol. The lowest BCUT2D eigenvalue weighted by atomic mass is 9.90. The Morgan fingerprint density at radius 3 is 2.44 bits per heavy atom. The van der Waals surface area contributed by atoms with E-state index in [0.717, 1.165) is 13.0 Å². The maximum atomic E-state index is 11.8. The third-order valence-electron chi connectivity index (χ3n) is 4.06. The molecule has 2 aliphatic rings. The number of methoxy groups -OCH3 is 1. The number of rotatable bonds is 2. The maximum absolute atomic E-state index is 11.8. The first-order chi connectivity index (χ1) is 7.83. The second-order valence-corrected chi connectivity index (χ2v) is 5.06. The first-order valence-electron chi connectivity index (χ1n) is 6.66. The monoisotopic (exact) mass is 225 g/mol. The quantitative estimate of drug-likeness (QED) is 0.676. The van der Waals surface area contributed by atoms with Crippen molar-refractivity contribution in [3.8, 4) is 0 Å². The van der Waals surface area contributed by atoms with E-state index in [2.05, 4.69) is 4.90 Å². The molecule has 16 heavy (non-hydrogen) atoms. The summed E-state index contributed by atoms with van der Waals surface area (Å²) < 4.78 is 4.93. The molecule has 3 nitrogen and oxygen atoms in total. The molecule has 0 radical (unpaired) electrons. The number of nitrogens with zero attached hydrogens (tertiary/aromatic N) is 1. The van der Waals surface area contributed by atoms with Crippen LogP contribution in [0.15, 0.2) is 0 Å². The SMILES string of the molecule is COC(=O)[C@H]1CCCCN1C1CCCCC1. The lowest BCUT2D eigenvalue weighted by molar-refractivity contribution is -0.149. The standard InChI is InChI=1S/C13H23NO2/c1-16-13(15)12-9-5-6-10-14(12)11-7-3-2-4-8-11/h11-12H,2-10H2,1H3/t12-/m1/s1. The molecule has 0 aromatic rings. The van der Waals surface area contributed by atoms with Gasteiger partial charge in [0, 0.05) is 6.04 Å². The van der Waals surface area contributed by atoms with Gasteiger partial charge in [-0.3, -0.25) is 9.69 Å². The van der Waals surface area contributed by atoms with Gasteiger partial charge in [0.15, 0.2) is 0 Å². The van der Waals surface area contributed by atoms with E-state index in [-0.39, 0.29) is 12.0 Å². The second-order valence-electron chi connectivity index (χ2n) is 5.06. The van der Waals surface area contributed by atoms with Crippen molar-refractivity contribution in [2.24, 2.45) is 0 Å². The van der Waals surface area contributed by atoms with Crippen molar-refractivity contribution in [3.63, 3.8) is 0 Å². The van der Waals surface area contributed by atoms with E-state index in [9.17, 15) is 4.79 Å². The van der Waals surface area contributed by atoms with Crippen LogP contribution in [0.4, 0.5) is 0 Å². The van der Waals surface area contributed by atoms with Gasteiger partial charge in [-0.15, -0.1) is 0 Å². The van der Waals surface area contributed by atoms with Crippen LogP contribution in [0.1, 0.15) is 51.4 Å². The fourth-order valence-corrected chi connectivity index (χ4v) is 3.19. The highest BCUT2D eigenvalue weighted by molar-refractivity contribution is 5.75. The first kappa shape index (κ1) is 11.9. The summed E-state index contributed by atoms with van der Waals surface area (Å²) >= 11 is 0. The lowest BCUT2D eigenvalue weighted by Gasteiger charge is -2.41. The summed E-state index contributed by atoms with van der Waals surface area (Å²) in [5.41, 5.74) is 0. The minimum Gasteiger partial charge on any atom is -0.468 e. The van der Waals surface area contributed by atoms with E-state index in [1.165, 1.54) is 52.1 Å². The van der Waals surface area contributed by atoms with E-state index >= 15 is 0 Å². The van der Waals surface area contributed by atoms with Crippen molar-refractivity contribution >= 4 is 5.97 Å². The van der Waals surface area contributed by atoms with Crippen LogP contribution in [0.2, 0.25) is 0 Å². The van der Waals surface area contributed by atoms with Crippen LogP contribution in [-0.2, 0) is 9.53 Å². The number of piperidine rings is 1. The molecule has 1 saturated carbocycles. The van der Waals surface area contributed by atoms with Gasteiger partial charge in [0.2, 0.25) is 0 Å². The van der Waals surface area contributed by atoms with Gasteiger partial charge >= 0.3 is 5.97 Å². The van der Waals surface area contributed by atoms with Crippen molar-refractivity contribution < 1.29 is 9.53 Å². The molecule has 1 saturated heterocycles. The fourth-order valence-electron chi connectivity index (χ4n) is 3.19. The Bertz CT molecular complexity index is 236. The third-order valence-corrected chi connectivity index (χ3v) is 4.06. The molecule has 2 rings (SSSR count). The van der Waals surface area contributed by atoms with Crippen LogP contribution in [0.5, 0.6) is 0 Å². The molecule has 0 aromatic carbocycles. The van der Waals surface area contributed by atoms with Crippen LogP contribution in [-0.4, -0.2) is 36.6 Å². The van der Waals surface area contributed by atoms with E-state index in [1.54, 1.807) is 0 Å². The minimum absolute atomic E-state index is 0.0229. The number of carbonyl (C=O) groups is 1. The van der Waals surface area contributed by atoms with Gasteiger partial charge in [-0.25, -0.2) is 0 Å². The van der Waals surface area contributed by atoms with Gasteiger partial charge < -0.3 is 4.74 Å². The highest BCUT2D eigenvalue weighted by Crippen LogP contribution is 2.28. The Morgan fingerprint density at radius 2 is 1.75 bits per heavy atom. The predicted molar refractivity (Wildman–Crippen MR) is 63.2 cm³/mol. The van der Waals surface area contributed by atoms with Crippen LogP contribution in [0.3, 0.4) is 0 Å². The molecule has 0 spiro atoms. The number of hydrogen-bond acceptors (Lipinski definition) is 3. The first-order valence-corrected chi connectivity index (χ1v) is 6.66. The van der Waals surface area contributed by atoms with E-state index in [4.69, 9.17) is 4.74 Å². The molecule has 1 aliphatic heterocycles. The Hall–Kier alpha value is -0.570. The summed E-state index contributed by atoms with van der Waals surface area (Å²) in [5, 5.41) is 0. The summed E-state index contributed by atoms with van der Waals surface area (Å²) in [6.45, 7) is 1.09. The van der Waals surface area contributed by atoms with Crippen molar-refractivity contribution in [3.05, 3.63) is 0 Å². The fraction of sp³-hybridized carbons (Fsp3) is 0.923. The summed E-state index contributed by atoms with van der Waals surface area (Å²) in [7, 11) is 1.51. The number of esters is 1. The molecule has 0 unspecified atom stereocenters. The van der Waals surface area contributed by atoms with Crippen LogP contribution >= 0.6 is 0 Å². The second kappa shape index (κ2) is 5.67. The molecule has 0 aromatic heterocycles. The Morgan fingerprint density at radius 1 is 1.06 bits per heavy atom. The van der Waals surface area contributed by atoms with Gasteiger partial charge in [0.1, 0.15) is 6.04 Å². The van der Waals surface area contributed by atoms with Gasteiger partial charge in [0.25, 0.3) is 0 Å². The summed E-state index contributed by atoms with van der Waals surface area (Å²) in [4.78, 5) is 14.2. The average molecular weight is 225 g/mol. The van der Waals surface area contributed by atoms with Gasteiger partial charge in [-0.2, -0.15) is 0 Å². The number of likely N-dealkylation sites (tertiary alicyclic amines) is 1. The zero-order valence-corrected chi connectivity index (χ0v) is 10.3. The maximum Gasteiger partial charge on any atom is 0.323 e. The average Bonchev–Trinajstić information content (AvgIpc) is 2.39. The number of ether oxygens (including phenoxy) is 1. The van der Waals surface area contributed by atoms with Gasteiger partial charge in [0.05, 0.1) is 7.11 Å². The van der Waals surface area contributed by atoms with Gasteiger partial charge in [-0.05, 0) is 32.2 Å². The predicted octanol–water partition coefficient (Wildman–Crippen LogP) is 2.35. The zero-order chi connectivity index (χ0) is 11.4. The zero-order valence-electron chi connectivity index (χ0n) is 10.3. The Kier molecular flexibility index (Phi) is 4.22. The number of hydrogen-bond donors (Lipinski definition) is 0. The van der Waals surface area contributed by atoms with Crippen LogP contribution in [0, 0.1) is 0 Å². The Labute approximate surface area is 98.1 Å². The van der Waals surface area contributed by atoms with Gasteiger partial charge in [-0.1, -0.05) is 25.7 Å². The molecule has 0 amide bonds. The van der Waals surface area contributed by atoms with Crippen molar-refractivity contribution in [2.45, 2.75) is 63.5 Å². The molecule has 2 fully saturated rings. The molecule has 1 heterocycles. The molecule has 3 heteroatoms. The normalized spacial score (nSPS) is 28.9. The lowest BCUT2D eigenvalue weighted by Crippen LogP contribution is -2.51.